The number of nitrogens with zero attached hydrogens (tertiary/aromatic N) is 1. The smallest absolute Gasteiger partial charge is 0.120 e. The number of anilines is 1. The normalized spacial score (nSPS) is 12.1. The van der Waals surface area contributed by atoms with Crippen molar-refractivity contribution in [1.29, 1.82) is 0 Å². The van der Waals surface area contributed by atoms with Gasteiger partial charge in [0.05, 0.1) is 17.9 Å². The van der Waals surface area contributed by atoms with Crippen molar-refractivity contribution < 1.29 is 5.11 Å². The van der Waals surface area contributed by atoms with E-state index in [0.717, 1.165) is 28.6 Å². The Labute approximate surface area is 121 Å². The molecule has 0 radical (unpaired) electrons. The summed E-state index contributed by atoms with van der Waals surface area (Å²) in [6.45, 7) is 2.13. The fraction of sp³-hybridized carbons (Fsp3) is 0.267. The van der Waals surface area contributed by atoms with Crippen LogP contribution in [0.1, 0.15) is 31.4 Å². The van der Waals surface area contributed by atoms with Crippen molar-refractivity contribution in [3.05, 3.63) is 52.8 Å². The molecule has 1 heterocycles. The maximum Gasteiger partial charge on any atom is 0.120 e. The lowest BCUT2D eigenvalue weighted by atomic mass is 10.0. The lowest BCUT2D eigenvalue weighted by Gasteiger charge is -2.20. The topological polar surface area (TPSA) is 45.2 Å². The van der Waals surface area contributed by atoms with E-state index < -0.39 is 0 Å². The number of hydrogen-bond acceptors (Lipinski definition) is 3. The fourth-order valence-corrected chi connectivity index (χ4v) is 2.43. The van der Waals surface area contributed by atoms with E-state index in [1.54, 1.807) is 18.5 Å². The molecule has 0 aliphatic heterocycles. The van der Waals surface area contributed by atoms with Crippen LogP contribution in [0.4, 0.5) is 5.69 Å². The van der Waals surface area contributed by atoms with Crippen molar-refractivity contribution in [2.75, 3.05) is 5.32 Å². The maximum atomic E-state index is 9.98. The first-order valence-electron chi connectivity index (χ1n) is 6.35. The number of para-hydroxylation sites is 1. The second kappa shape index (κ2) is 6.57. The summed E-state index contributed by atoms with van der Waals surface area (Å²) in [5.74, 6) is 0.330. The van der Waals surface area contributed by atoms with Crippen LogP contribution in [0, 0.1) is 0 Å². The minimum absolute atomic E-state index is 0.0855. The van der Waals surface area contributed by atoms with Gasteiger partial charge in [0.15, 0.2) is 0 Å². The number of benzene rings is 1. The maximum absolute atomic E-state index is 9.98. The molecule has 0 saturated carbocycles. The molecule has 1 aromatic heterocycles. The zero-order chi connectivity index (χ0) is 13.7. The second-order valence-corrected chi connectivity index (χ2v) is 5.35. The van der Waals surface area contributed by atoms with Crippen molar-refractivity contribution in [1.82, 2.24) is 4.98 Å². The first-order valence-corrected chi connectivity index (χ1v) is 7.15. The van der Waals surface area contributed by atoms with E-state index in [9.17, 15) is 5.11 Å². The number of aromatic hydroxyl groups is 1. The van der Waals surface area contributed by atoms with Crippen LogP contribution in [0.2, 0.25) is 0 Å². The SMILES string of the molecule is CCCC(Nc1cncc(Br)c1)c1ccccc1O. The standard InChI is InChI=1S/C15H17BrN2O/c1-2-5-14(13-6-3-4-7-15(13)19)18-12-8-11(16)9-17-10-12/h3-4,6-10,14,18-19H,2,5H2,1H3. The number of phenols is 1. The Balaban J connectivity index is 2.24. The number of phenolic OH excluding ortho intramolecular Hbond substituents is 1. The number of aromatic nitrogens is 1. The van der Waals surface area contributed by atoms with Crippen LogP contribution in [0.5, 0.6) is 5.75 Å². The van der Waals surface area contributed by atoms with E-state index >= 15 is 0 Å². The van der Waals surface area contributed by atoms with Crippen molar-refractivity contribution >= 4 is 21.6 Å². The molecule has 0 aliphatic rings. The zero-order valence-electron chi connectivity index (χ0n) is 10.8. The zero-order valence-corrected chi connectivity index (χ0v) is 12.4. The van der Waals surface area contributed by atoms with Crippen molar-refractivity contribution in [3.63, 3.8) is 0 Å². The van der Waals surface area contributed by atoms with E-state index in [1.165, 1.54) is 0 Å². The van der Waals surface area contributed by atoms with Crippen molar-refractivity contribution in [2.45, 2.75) is 25.8 Å². The molecule has 1 unspecified atom stereocenters. The molecule has 0 aliphatic carbocycles. The third-order valence-corrected chi connectivity index (χ3v) is 3.37. The molecule has 100 valence electrons. The van der Waals surface area contributed by atoms with E-state index in [0.29, 0.717) is 5.75 Å². The molecule has 0 spiro atoms. The molecule has 2 rings (SSSR count). The number of pyridine rings is 1. The van der Waals surface area contributed by atoms with E-state index in [-0.39, 0.29) is 6.04 Å². The van der Waals surface area contributed by atoms with Gasteiger partial charge in [-0.05, 0) is 34.5 Å². The molecular formula is C15H17BrN2O. The first-order chi connectivity index (χ1) is 9.20. The Morgan fingerprint density at radius 3 is 2.79 bits per heavy atom. The van der Waals surface area contributed by atoms with E-state index in [2.05, 4.69) is 33.2 Å². The molecule has 0 saturated heterocycles. The largest absolute Gasteiger partial charge is 0.508 e. The molecule has 0 amide bonds. The Kier molecular flexibility index (Phi) is 4.80. The Morgan fingerprint density at radius 2 is 2.11 bits per heavy atom. The van der Waals surface area contributed by atoms with Crippen LogP contribution in [0.3, 0.4) is 0 Å². The molecule has 19 heavy (non-hydrogen) atoms. The van der Waals surface area contributed by atoms with E-state index in [1.807, 2.05) is 24.3 Å². The van der Waals surface area contributed by atoms with Gasteiger partial charge in [-0.2, -0.15) is 0 Å². The minimum atomic E-state index is 0.0855. The third-order valence-electron chi connectivity index (χ3n) is 2.94. The lowest BCUT2D eigenvalue weighted by molar-refractivity contribution is 0.461. The highest BCUT2D eigenvalue weighted by Gasteiger charge is 2.14. The molecule has 2 aromatic rings. The highest BCUT2D eigenvalue weighted by Crippen LogP contribution is 2.30. The summed E-state index contributed by atoms with van der Waals surface area (Å²) >= 11 is 3.41. The van der Waals surface area contributed by atoms with Crippen molar-refractivity contribution in [2.24, 2.45) is 0 Å². The van der Waals surface area contributed by atoms with Gasteiger partial charge in [0.1, 0.15) is 5.75 Å². The van der Waals surface area contributed by atoms with Crippen LogP contribution in [0.25, 0.3) is 0 Å². The second-order valence-electron chi connectivity index (χ2n) is 4.44. The highest BCUT2D eigenvalue weighted by molar-refractivity contribution is 9.10. The fourth-order valence-electron chi connectivity index (χ4n) is 2.07. The quantitative estimate of drug-likeness (QED) is 0.852. The Hall–Kier alpha value is -1.55. The Morgan fingerprint density at radius 1 is 1.32 bits per heavy atom. The number of nitrogens with one attached hydrogen (secondary N) is 1. The molecule has 0 fully saturated rings. The van der Waals surface area contributed by atoms with Gasteiger partial charge in [0, 0.05) is 16.2 Å². The minimum Gasteiger partial charge on any atom is -0.508 e. The first kappa shape index (κ1) is 13.9. The number of rotatable bonds is 5. The molecule has 0 bridgehead atoms. The number of hydrogen-bond donors (Lipinski definition) is 2. The summed E-state index contributed by atoms with van der Waals surface area (Å²) in [5.41, 5.74) is 1.86. The summed E-state index contributed by atoms with van der Waals surface area (Å²) in [5, 5.41) is 13.4. The molecule has 2 N–H and O–H groups in total. The predicted molar refractivity (Wildman–Crippen MR) is 81.3 cm³/mol. The average Bonchev–Trinajstić information content (AvgIpc) is 2.39. The van der Waals surface area contributed by atoms with Gasteiger partial charge >= 0.3 is 0 Å². The summed E-state index contributed by atoms with van der Waals surface area (Å²) in [4.78, 5) is 4.14. The molecule has 3 nitrogen and oxygen atoms in total. The molecule has 1 atom stereocenters. The van der Waals surface area contributed by atoms with Crippen LogP contribution >= 0.6 is 15.9 Å². The van der Waals surface area contributed by atoms with E-state index in [4.69, 9.17) is 0 Å². The highest BCUT2D eigenvalue weighted by atomic mass is 79.9. The third kappa shape index (κ3) is 3.70. The van der Waals surface area contributed by atoms with Crippen molar-refractivity contribution in [3.8, 4) is 5.75 Å². The summed E-state index contributed by atoms with van der Waals surface area (Å²) in [6.07, 6.45) is 5.52. The average molecular weight is 321 g/mol. The van der Waals surface area contributed by atoms with Gasteiger partial charge in [-0.3, -0.25) is 4.98 Å². The van der Waals surface area contributed by atoms with Gasteiger partial charge in [-0.25, -0.2) is 0 Å². The van der Waals surface area contributed by atoms with Gasteiger partial charge in [0.2, 0.25) is 0 Å². The van der Waals surface area contributed by atoms with Gasteiger partial charge in [0.25, 0.3) is 0 Å². The number of halogens is 1. The summed E-state index contributed by atoms with van der Waals surface area (Å²) in [7, 11) is 0. The van der Waals surface area contributed by atoms with Crippen LogP contribution < -0.4 is 5.32 Å². The molecule has 4 heteroatoms. The van der Waals surface area contributed by atoms with Crippen LogP contribution in [0.15, 0.2) is 47.2 Å². The van der Waals surface area contributed by atoms with Gasteiger partial charge < -0.3 is 10.4 Å². The van der Waals surface area contributed by atoms with Crippen LogP contribution in [-0.4, -0.2) is 10.1 Å². The Bertz CT molecular complexity index is 545. The molecular weight excluding hydrogens is 304 g/mol. The molecule has 1 aromatic carbocycles. The van der Waals surface area contributed by atoms with Gasteiger partial charge in [-0.15, -0.1) is 0 Å². The van der Waals surface area contributed by atoms with Gasteiger partial charge in [-0.1, -0.05) is 31.5 Å². The summed E-state index contributed by atoms with van der Waals surface area (Å²) in [6, 6.07) is 9.52. The van der Waals surface area contributed by atoms with Crippen LogP contribution in [-0.2, 0) is 0 Å². The predicted octanol–water partition coefficient (Wildman–Crippen LogP) is 4.50. The monoisotopic (exact) mass is 320 g/mol. The summed E-state index contributed by atoms with van der Waals surface area (Å²) < 4.78 is 0.935. The lowest BCUT2D eigenvalue weighted by Crippen LogP contribution is -2.11.